The number of ether oxygens (including phenoxy) is 3. The van der Waals surface area contributed by atoms with E-state index in [4.69, 9.17) is 14.2 Å². The summed E-state index contributed by atoms with van der Waals surface area (Å²) in [5.74, 6) is -0.627. The molecule has 204 valence electrons. The Hall–Kier alpha value is -3.02. The van der Waals surface area contributed by atoms with E-state index >= 15 is 0 Å². The highest BCUT2D eigenvalue weighted by Crippen LogP contribution is 2.34. The molecule has 2 aromatic carbocycles. The molecule has 1 aliphatic heterocycles. The Bertz CT molecular complexity index is 1640. The molecule has 0 saturated heterocycles. The van der Waals surface area contributed by atoms with Crippen molar-refractivity contribution in [2.45, 2.75) is 33.7 Å². The second-order valence-electron chi connectivity index (χ2n) is 8.61. The molecular weight excluding hydrogens is 652 g/mol. The summed E-state index contributed by atoms with van der Waals surface area (Å²) in [6, 6.07) is 10.6. The molecule has 1 aliphatic rings. The van der Waals surface area contributed by atoms with Gasteiger partial charge in [-0.3, -0.25) is 9.36 Å². The lowest BCUT2D eigenvalue weighted by Crippen LogP contribution is -2.39. The van der Waals surface area contributed by atoms with Crippen LogP contribution in [-0.4, -0.2) is 36.3 Å². The first kappa shape index (κ1) is 29.0. The van der Waals surface area contributed by atoms with E-state index in [0.29, 0.717) is 36.4 Å². The van der Waals surface area contributed by atoms with E-state index in [1.54, 1.807) is 39.0 Å². The number of rotatable bonds is 8. The molecule has 0 saturated carbocycles. The lowest BCUT2D eigenvalue weighted by molar-refractivity contribution is -0.145. The molecule has 0 spiro atoms. The Morgan fingerprint density at radius 1 is 1.08 bits per heavy atom. The average Bonchev–Trinajstić information content (AvgIpc) is 3.17. The first-order valence-corrected chi connectivity index (χ1v) is 14.6. The van der Waals surface area contributed by atoms with E-state index in [1.807, 2.05) is 31.2 Å². The maximum absolute atomic E-state index is 13.9. The SMILES string of the molecule is CCOC(=O)COc1c(Br)cc(Br)cc1/C=c1\sc2n(c1=O)[C@H](c1ccc(C)cc1)C(C(=O)OCC)=C(C)N=2. The zero-order chi connectivity index (χ0) is 28.3. The lowest BCUT2D eigenvalue weighted by atomic mass is 9.95. The monoisotopic (exact) mass is 676 g/mol. The van der Waals surface area contributed by atoms with Gasteiger partial charge in [0.25, 0.3) is 5.56 Å². The summed E-state index contributed by atoms with van der Waals surface area (Å²) in [7, 11) is 0. The van der Waals surface area contributed by atoms with Gasteiger partial charge in [-0.25, -0.2) is 14.6 Å². The Morgan fingerprint density at radius 2 is 1.77 bits per heavy atom. The number of aryl methyl sites for hydroxylation is 1. The number of thiazole rings is 1. The van der Waals surface area contributed by atoms with Gasteiger partial charge >= 0.3 is 11.9 Å². The van der Waals surface area contributed by atoms with Crippen LogP contribution in [0, 0.1) is 6.92 Å². The summed E-state index contributed by atoms with van der Waals surface area (Å²) in [4.78, 5) is 43.9. The van der Waals surface area contributed by atoms with Crippen LogP contribution in [0.3, 0.4) is 0 Å². The van der Waals surface area contributed by atoms with Crippen LogP contribution in [0.4, 0.5) is 0 Å². The molecule has 0 bridgehead atoms. The van der Waals surface area contributed by atoms with Crippen molar-refractivity contribution in [2.24, 2.45) is 4.99 Å². The molecule has 11 heteroatoms. The van der Waals surface area contributed by atoms with Crippen LogP contribution in [0.25, 0.3) is 6.08 Å². The largest absolute Gasteiger partial charge is 0.480 e. The summed E-state index contributed by atoms with van der Waals surface area (Å²) in [5.41, 5.74) is 2.90. The molecule has 0 fully saturated rings. The number of fused-ring (bicyclic) bond motifs is 1. The summed E-state index contributed by atoms with van der Waals surface area (Å²) >= 11 is 8.17. The molecule has 1 aromatic heterocycles. The van der Waals surface area contributed by atoms with E-state index in [-0.39, 0.29) is 25.4 Å². The zero-order valence-corrected chi connectivity index (χ0v) is 25.7. The van der Waals surface area contributed by atoms with Crippen LogP contribution >= 0.6 is 43.2 Å². The molecule has 0 amide bonds. The lowest BCUT2D eigenvalue weighted by Gasteiger charge is -2.24. The predicted octanol–water partition coefficient (Wildman–Crippen LogP) is 4.57. The Labute approximate surface area is 245 Å². The minimum Gasteiger partial charge on any atom is -0.480 e. The first-order valence-electron chi connectivity index (χ1n) is 12.2. The van der Waals surface area contributed by atoms with Gasteiger partial charge in [0.1, 0.15) is 5.75 Å². The van der Waals surface area contributed by atoms with Gasteiger partial charge in [0.2, 0.25) is 0 Å². The van der Waals surface area contributed by atoms with Crippen molar-refractivity contribution in [1.82, 2.24) is 4.57 Å². The van der Waals surface area contributed by atoms with Crippen LogP contribution in [0.1, 0.15) is 43.5 Å². The summed E-state index contributed by atoms with van der Waals surface area (Å²) in [5, 5.41) is 0. The fourth-order valence-corrected chi connectivity index (χ4v) is 6.58. The van der Waals surface area contributed by atoms with Gasteiger partial charge in [-0.05, 0) is 67.4 Å². The zero-order valence-electron chi connectivity index (χ0n) is 21.7. The van der Waals surface area contributed by atoms with Crippen LogP contribution in [-0.2, 0) is 19.1 Å². The fourth-order valence-electron chi connectivity index (χ4n) is 4.17. The third kappa shape index (κ3) is 6.26. The number of nitrogens with zero attached hydrogens (tertiary/aromatic N) is 2. The minimum atomic E-state index is -0.697. The smallest absolute Gasteiger partial charge is 0.344 e. The van der Waals surface area contributed by atoms with E-state index in [9.17, 15) is 14.4 Å². The fraction of sp³-hybridized carbons (Fsp3) is 0.286. The van der Waals surface area contributed by atoms with Crippen LogP contribution in [0.15, 0.2) is 66.4 Å². The van der Waals surface area contributed by atoms with Crippen molar-refractivity contribution >= 4 is 61.2 Å². The molecule has 0 radical (unpaired) electrons. The standard InChI is InChI=1S/C28H26Br2N2O6S/c1-5-36-22(33)14-38-25-18(11-19(29)13-20(25)30)12-21-26(34)32-24(17-9-7-15(3)8-10-17)23(27(35)37-6-2)16(4)31-28(32)39-21/h7-13,24H,5-6,14H2,1-4H3/b21-12-/t24-/m1/s1. The number of hydrogen-bond acceptors (Lipinski definition) is 8. The quantitative estimate of drug-likeness (QED) is 0.324. The van der Waals surface area contributed by atoms with Gasteiger partial charge in [0, 0.05) is 10.0 Å². The molecule has 39 heavy (non-hydrogen) atoms. The third-order valence-electron chi connectivity index (χ3n) is 5.87. The molecule has 8 nitrogen and oxygen atoms in total. The van der Waals surface area contributed by atoms with E-state index in [2.05, 4.69) is 36.9 Å². The van der Waals surface area contributed by atoms with Crippen molar-refractivity contribution in [3.63, 3.8) is 0 Å². The third-order valence-corrected chi connectivity index (χ3v) is 7.90. The van der Waals surface area contributed by atoms with Crippen LogP contribution in [0.5, 0.6) is 5.75 Å². The maximum atomic E-state index is 13.9. The van der Waals surface area contributed by atoms with Crippen molar-refractivity contribution in [3.8, 4) is 5.75 Å². The van der Waals surface area contributed by atoms with Gasteiger partial charge < -0.3 is 14.2 Å². The van der Waals surface area contributed by atoms with Gasteiger partial charge in [-0.15, -0.1) is 0 Å². The number of hydrogen-bond donors (Lipinski definition) is 0. The van der Waals surface area contributed by atoms with Crippen molar-refractivity contribution in [3.05, 3.63) is 93.0 Å². The highest BCUT2D eigenvalue weighted by Gasteiger charge is 2.33. The number of halogens is 2. The van der Waals surface area contributed by atoms with E-state index < -0.39 is 18.0 Å². The van der Waals surface area contributed by atoms with Crippen molar-refractivity contribution < 1.29 is 23.8 Å². The van der Waals surface area contributed by atoms with Gasteiger partial charge in [0.05, 0.1) is 39.5 Å². The normalized spacial score (nSPS) is 15.0. The topological polar surface area (TPSA) is 96.2 Å². The summed E-state index contributed by atoms with van der Waals surface area (Å²) in [6.45, 7) is 7.34. The van der Waals surface area contributed by atoms with E-state index in [1.165, 1.54) is 15.9 Å². The molecular formula is C28H26Br2N2O6S. The number of carbonyl (C=O) groups excluding carboxylic acids is 2. The van der Waals surface area contributed by atoms with Gasteiger partial charge in [-0.2, -0.15) is 0 Å². The molecule has 4 rings (SSSR count). The Kier molecular flexibility index (Phi) is 9.24. The molecule has 0 aliphatic carbocycles. The van der Waals surface area contributed by atoms with Crippen LogP contribution < -0.4 is 19.6 Å². The molecule has 1 atom stereocenters. The Morgan fingerprint density at radius 3 is 2.44 bits per heavy atom. The predicted molar refractivity (Wildman–Crippen MR) is 156 cm³/mol. The van der Waals surface area contributed by atoms with E-state index in [0.717, 1.165) is 15.6 Å². The average molecular weight is 678 g/mol. The number of carbonyl (C=O) groups is 2. The Balaban J connectivity index is 1.89. The number of aromatic nitrogens is 1. The summed E-state index contributed by atoms with van der Waals surface area (Å²) < 4.78 is 19.4. The highest BCUT2D eigenvalue weighted by atomic mass is 79.9. The molecule has 0 N–H and O–H groups in total. The van der Waals surface area contributed by atoms with Crippen molar-refractivity contribution in [1.29, 1.82) is 0 Å². The van der Waals surface area contributed by atoms with Gasteiger partial charge in [0.15, 0.2) is 11.4 Å². The highest BCUT2D eigenvalue weighted by molar-refractivity contribution is 9.11. The van der Waals surface area contributed by atoms with Crippen molar-refractivity contribution in [2.75, 3.05) is 19.8 Å². The number of benzene rings is 2. The number of esters is 2. The maximum Gasteiger partial charge on any atom is 0.344 e. The minimum absolute atomic E-state index is 0.201. The van der Waals surface area contributed by atoms with Crippen LogP contribution in [0.2, 0.25) is 0 Å². The second kappa shape index (κ2) is 12.4. The second-order valence-corrected chi connectivity index (χ2v) is 11.4. The molecule has 2 heterocycles. The first-order chi connectivity index (χ1) is 18.6. The summed E-state index contributed by atoms with van der Waals surface area (Å²) in [6.07, 6.45) is 1.69. The number of allylic oxidation sites excluding steroid dienone is 1. The van der Waals surface area contributed by atoms with Gasteiger partial charge in [-0.1, -0.05) is 57.1 Å². The molecule has 0 unspecified atom stereocenters. The molecule has 3 aromatic rings.